The molecule has 0 heterocycles. The zero-order valence-electron chi connectivity index (χ0n) is 9.64. The summed E-state index contributed by atoms with van der Waals surface area (Å²) in [4.78, 5) is 13.1. The number of nitrogens with zero attached hydrogens (tertiary/aromatic N) is 1. The van der Waals surface area contributed by atoms with E-state index in [0.717, 1.165) is 5.56 Å². The van der Waals surface area contributed by atoms with Crippen molar-refractivity contribution in [2.24, 2.45) is 0 Å². The summed E-state index contributed by atoms with van der Waals surface area (Å²) in [5.74, 6) is 0.0283. The van der Waals surface area contributed by atoms with Gasteiger partial charge < -0.3 is 9.84 Å². The van der Waals surface area contributed by atoms with Crippen LogP contribution in [0.4, 0.5) is 0 Å². The van der Waals surface area contributed by atoms with Crippen molar-refractivity contribution in [3.05, 3.63) is 29.8 Å². The molecule has 0 fully saturated rings. The van der Waals surface area contributed by atoms with Crippen molar-refractivity contribution in [2.75, 3.05) is 20.2 Å². The summed E-state index contributed by atoms with van der Waals surface area (Å²) in [7, 11) is 1.85. The Hall–Kier alpha value is -1.55. The molecule has 0 spiro atoms. The normalized spacial score (nSPS) is 10.4. The van der Waals surface area contributed by atoms with E-state index in [2.05, 4.69) is 0 Å². The highest BCUT2D eigenvalue weighted by Crippen LogP contribution is 2.10. The summed E-state index contributed by atoms with van der Waals surface area (Å²) in [5, 5.41) is 9.12. The number of hydrogen-bond acceptors (Lipinski definition) is 4. The molecular weight excluding hydrogens is 206 g/mol. The molecule has 16 heavy (non-hydrogen) atoms. The Bertz CT molecular complexity index is 335. The molecule has 1 aromatic carbocycles. The van der Waals surface area contributed by atoms with Gasteiger partial charge in [0.2, 0.25) is 0 Å². The lowest BCUT2D eigenvalue weighted by Crippen LogP contribution is -2.26. The lowest BCUT2D eigenvalue weighted by atomic mass is 10.2. The first kappa shape index (κ1) is 12.5. The molecule has 0 aromatic heterocycles. The van der Waals surface area contributed by atoms with Crippen LogP contribution in [0.5, 0.6) is 5.75 Å². The van der Waals surface area contributed by atoms with Gasteiger partial charge in [0.05, 0.1) is 13.2 Å². The molecule has 0 amide bonds. The van der Waals surface area contributed by atoms with E-state index in [1.54, 1.807) is 19.1 Å². The minimum absolute atomic E-state index is 0.219. The summed E-state index contributed by atoms with van der Waals surface area (Å²) in [6.45, 7) is 3.12. The molecule has 0 radical (unpaired) electrons. The van der Waals surface area contributed by atoms with E-state index < -0.39 is 0 Å². The third-order valence-electron chi connectivity index (χ3n) is 2.09. The molecule has 0 unspecified atom stereocenters. The average Bonchev–Trinajstić information content (AvgIpc) is 2.21. The molecule has 0 bridgehead atoms. The predicted octanol–water partition coefficient (Wildman–Crippen LogP) is 1.39. The van der Waals surface area contributed by atoms with Crippen molar-refractivity contribution < 1.29 is 14.6 Å². The maximum atomic E-state index is 11.2. The lowest BCUT2D eigenvalue weighted by Gasteiger charge is -2.15. The van der Waals surface area contributed by atoms with Gasteiger partial charge in [-0.15, -0.1) is 0 Å². The highest BCUT2D eigenvalue weighted by molar-refractivity contribution is 5.71. The minimum Gasteiger partial charge on any atom is -0.508 e. The van der Waals surface area contributed by atoms with Crippen LogP contribution in [0.25, 0.3) is 0 Å². The van der Waals surface area contributed by atoms with Gasteiger partial charge in [0, 0.05) is 6.54 Å². The maximum Gasteiger partial charge on any atom is 0.320 e. The molecule has 1 N–H and O–H groups in total. The van der Waals surface area contributed by atoms with Crippen LogP contribution in [-0.4, -0.2) is 36.2 Å². The van der Waals surface area contributed by atoms with Crippen LogP contribution < -0.4 is 0 Å². The van der Waals surface area contributed by atoms with Gasteiger partial charge in [-0.1, -0.05) is 12.1 Å². The molecule has 1 aromatic rings. The van der Waals surface area contributed by atoms with E-state index in [1.807, 2.05) is 24.1 Å². The molecule has 0 aliphatic carbocycles. The molecule has 0 saturated heterocycles. The van der Waals surface area contributed by atoms with Crippen molar-refractivity contribution >= 4 is 5.97 Å². The summed E-state index contributed by atoms with van der Waals surface area (Å²) in [6.07, 6.45) is 0. The second kappa shape index (κ2) is 6.12. The van der Waals surface area contributed by atoms with Crippen LogP contribution in [0, 0.1) is 0 Å². The number of rotatable bonds is 5. The first-order valence-electron chi connectivity index (χ1n) is 5.24. The first-order valence-corrected chi connectivity index (χ1v) is 5.24. The van der Waals surface area contributed by atoms with Crippen molar-refractivity contribution in [3.63, 3.8) is 0 Å². The van der Waals surface area contributed by atoms with E-state index in [-0.39, 0.29) is 18.3 Å². The highest BCUT2D eigenvalue weighted by atomic mass is 16.5. The molecule has 0 atom stereocenters. The third kappa shape index (κ3) is 4.31. The topological polar surface area (TPSA) is 49.8 Å². The van der Waals surface area contributed by atoms with Gasteiger partial charge in [0.15, 0.2) is 0 Å². The van der Waals surface area contributed by atoms with E-state index >= 15 is 0 Å². The van der Waals surface area contributed by atoms with Gasteiger partial charge in [0.25, 0.3) is 0 Å². The fourth-order valence-electron chi connectivity index (χ4n) is 1.40. The molecule has 0 saturated carbocycles. The first-order chi connectivity index (χ1) is 7.61. The number of hydrogen-bond donors (Lipinski definition) is 1. The zero-order chi connectivity index (χ0) is 12.0. The van der Waals surface area contributed by atoms with Crippen molar-refractivity contribution in [3.8, 4) is 5.75 Å². The average molecular weight is 223 g/mol. The summed E-state index contributed by atoms with van der Waals surface area (Å²) in [5.41, 5.74) is 1.05. The van der Waals surface area contributed by atoms with Crippen LogP contribution in [0.1, 0.15) is 12.5 Å². The van der Waals surface area contributed by atoms with Gasteiger partial charge in [-0.2, -0.15) is 0 Å². The Balaban J connectivity index is 2.42. The predicted molar refractivity (Wildman–Crippen MR) is 61.1 cm³/mol. The molecular formula is C12H17NO3. The maximum absolute atomic E-state index is 11.2. The molecule has 0 aliphatic rings. The van der Waals surface area contributed by atoms with E-state index in [0.29, 0.717) is 13.2 Å². The number of phenols is 1. The number of carbonyl (C=O) groups is 1. The fraction of sp³-hybridized carbons (Fsp3) is 0.417. The highest BCUT2D eigenvalue weighted by Gasteiger charge is 2.07. The Morgan fingerprint density at radius 1 is 1.38 bits per heavy atom. The van der Waals surface area contributed by atoms with Gasteiger partial charge in [-0.05, 0) is 31.7 Å². The number of ether oxygens (including phenoxy) is 1. The number of phenolic OH excluding ortho intramolecular Hbond substituents is 1. The van der Waals surface area contributed by atoms with Crippen molar-refractivity contribution in [2.45, 2.75) is 13.5 Å². The smallest absolute Gasteiger partial charge is 0.320 e. The monoisotopic (exact) mass is 223 g/mol. The SMILES string of the molecule is CCOC(=O)CN(C)Cc1ccc(O)cc1. The fourth-order valence-corrected chi connectivity index (χ4v) is 1.40. The summed E-state index contributed by atoms with van der Waals surface area (Å²) < 4.78 is 4.85. The Morgan fingerprint density at radius 3 is 2.56 bits per heavy atom. The number of aromatic hydroxyl groups is 1. The van der Waals surface area contributed by atoms with Gasteiger partial charge in [-0.25, -0.2) is 0 Å². The largest absolute Gasteiger partial charge is 0.508 e. The van der Waals surface area contributed by atoms with E-state index in [1.165, 1.54) is 0 Å². The molecule has 4 heteroatoms. The van der Waals surface area contributed by atoms with Crippen LogP contribution in [-0.2, 0) is 16.1 Å². The summed E-state index contributed by atoms with van der Waals surface area (Å²) >= 11 is 0. The minimum atomic E-state index is -0.219. The van der Waals surface area contributed by atoms with Gasteiger partial charge in [-0.3, -0.25) is 9.69 Å². The second-order valence-electron chi connectivity index (χ2n) is 3.64. The van der Waals surface area contributed by atoms with Crippen LogP contribution >= 0.6 is 0 Å². The quantitative estimate of drug-likeness (QED) is 0.766. The number of carbonyl (C=O) groups excluding carboxylic acids is 1. The van der Waals surface area contributed by atoms with E-state index in [4.69, 9.17) is 9.84 Å². The Morgan fingerprint density at radius 2 is 2.00 bits per heavy atom. The van der Waals surface area contributed by atoms with Gasteiger partial charge in [0.1, 0.15) is 5.75 Å². The number of likely N-dealkylation sites (N-methyl/N-ethyl adjacent to an activating group) is 1. The molecule has 4 nitrogen and oxygen atoms in total. The third-order valence-corrected chi connectivity index (χ3v) is 2.09. The summed E-state index contributed by atoms with van der Waals surface area (Å²) in [6, 6.07) is 6.93. The molecule has 88 valence electrons. The number of benzene rings is 1. The molecule has 1 rings (SSSR count). The zero-order valence-corrected chi connectivity index (χ0v) is 9.64. The van der Waals surface area contributed by atoms with Crippen molar-refractivity contribution in [1.29, 1.82) is 0 Å². The standard InChI is InChI=1S/C12H17NO3/c1-3-16-12(15)9-13(2)8-10-4-6-11(14)7-5-10/h4-7,14H,3,8-9H2,1-2H3. The number of esters is 1. The van der Waals surface area contributed by atoms with Crippen LogP contribution in [0.2, 0.25) is 0 Å². The van der Waals surface area contributed by atoms with E-state index in [9.17, 15) is 4.79 Å². The van der Waals surface area contributed by atoms with Crippen molar-refractivity contribution in [1.82, 2.24) is 4.90 Å². The molecule has 0 aliphatic heterocycles. The second-order valence-corrected chi connectivity index (χ2v) is 3.64. The Labute approximate surface area is 95.5 Å². The van der Waals surface area contributed by atoms with Crippen LogP contribution in [0.15, 0.2) is 24.3 Å². The lowest BCUT2D eigenvalue weighted by molar-refractivity contribution is -0.144. The van der Waals surface area contributed by atoms with Crippen LogP contribution in [0.3, 0.4) is 0 Å². The Kier molecular flexibility index (Phi) is 4.79. The van der Waals surface area contributed by atoms with Gasteiger partial charge >= 0.3 is 5.97 Å².